The minimum atomic E-state index is -1.20. The third kappa shape index (κ3) is 90.8. The smallest absolute Gasteiger partial charge is 0.323 e. The van der Waals surface area contributed by atoms with Crippen molar-refractivity contribution in [2.24, 2.45) is 45.9 Å². The van der Waals surface area contributed by atoms with Crippen molar-refractivity contribution < 1.29 is 68.6 Å². The normalized spacial score (nSPS) is 12.1. The number of carbonyl (C=O) groups is 8. The lowest BCUT2D eigenvalue weighted by atomic mass is 9.92. The maximum atomic E-state index is 11.1. The highest BCUT2D eigenvalue weighted by molar-refractivity contribution is 5.86. The molecule has 6 atom stereocenters. The lowest BCUT2D eigenvalue weighted by molar-refractivity contribution is -0.145. The van der Waals surface area contributed by atoms with Crippen molar-refractivity contribution in [2.75, 3.05) is 72.1 Å². The van der Waals surface area contributed by atoms with Crippen LogP contribution in [0.3, 0.4) is 0 Å². The van der Waals surface area contributed by atoms with Crippen LogP contribution in [0.1, 0.15) is 247 Å². The Morgan fingerprint density at radius 2 is 0.673 bits per heavy atom. The molecule has 606 valence electrons. The molecule has 0 aromatic rings. The van der Waals surface area contributed by atoms with E-state index in [1.807, 2.05) is 6.92 Å². The number of halogens is 4. The summed E-state index contributed by atoms with van der Waals surface area (Å²) in [6.07, 6.45) is 30.2. The highest BCUT2D eigenvalue weighted by Gasteiger charge is 2.31. The molecule has 31 N–H and O–H groups in total. The number of hydrogen-bond acceptors (Lipinski definition) is 19. The Bertz CT molecular complexity index is 1920. The first-order valence-electron chi connectivity index (χ1n) is 35.5. The fourth-order valence-electron chi connectivity index (χ4n) is 8.77. The maximum absolute atomic E-state index is 11.1. The number of unbranched alkanes of at least 4 members (excludes halogenated alkanes) is 15. The molecule has 0 saturated heterocycles. The predicted octanol–water partition coefficient (Wildman–Crippen LogP) is 6.25. The molecule has 0 fully saturated rings. The van der Waals surface area contributed by atoms with E-state index in [4.69, 9.17) is 87.0 Å². The molecule has 0 radical (unpaired) electrons. The maximum Gasteiger partial charge on any atom is 0.323 e. The highest BCUT2D eigenvalue weighted by atomic mass is 35.5. The minimum Gasteiger partial charge on any atom is -0.480 e. The molecule has 0 bridgehead atoms. The molecule has 32 nitrogen and oxygen atoms in total. The molecule has 101 heavy (non-hydrogen) atoms. The summed E-state index contributed by atoms with van der Waals surface area (Å²) in [5, 5.41) is 80.9. The molecular weight excluding hydrogens is 1400 g/mol. The van der Waals surface area contributed by atoms with Gasteiger partial charge in [0.05, 0.1) is 6.61 Å². The van der Waals surface area contributed by atoms with Crippen molar-refractivity contribution in [1.29, 1.82) is 10.8 Å². The molecule has 36 heteroatoms. The van der Waals surface area contributed by atoms with Gasteiger partial charge >= 0.3 is 47.9 Å². The van der Waals surface area contributed by atoms with Gasteiger partial charge in [-0.3, -0.25) is 39.6 Å². The molecule has 0 spiro atoms. The van der Waals surface area contributed by atoms with E-state index in [-0.39, 0.29) is 67.5 Å². The van der Waals surface area contributed by atoms with E-state index in [9.17, 15) is 38.4 Å². The number of ether oxygens (including phenoxy) is 1. The number of nitrogens with one attached hydrogen (secondary N) is 10. The van der Waals surface area contributed by atoms with Gasteiger partial charge in [-0.1, -0.05) is 131 Å². The molecule has 0 rings (SSSR count). The number of nitrogens with two attached hydrogens (primary N) is 8. The largest absolute Gasteiger partial charge is 0.480 e. The zero-order chi connectivity index (χ0) is 74.9. The zero-order valence-corrected chi connectivity index (χ0v) is 65.2. The number of esters is 1. The second-order valence-electron chi connectivity index (χ2n) is 23.5. The molecule has 0 aromatic heterocycles. The van der Waals surface area contributed by atoms with Crippen LogP contribution in [0.5, 0.6) is 0 Å². The summed E-state index contributed by atoms with van der Waals surface area (Å²) in [6, 6.07) is -3.65. The molecule has 4 amide bonds. The van der Waals surface area contributed by atoms with E-state index in [0.717, 1.165) is 77.5 Å². The Hall–Kier alpha value is -5.26. The molecule has 0 heterocycles. The van der Waals surface area contributed by atoms with Gasteiger partial charge in [-0.25, -0.2) is 9.59 Å². The average molecular weight is 1540 g/mol. The molecule has 0 aliphatic carbocycles. The number of carboxylic acid groups (broad SMARTS) is 5. The van der Waals surface area contributed by atoms with Gasteiger partial charge in [0.15, 0.2) is 11.9 Å². The number of guanidine groups is 2. The minimum absolute atomic E-state index is 0. The molecule has 6 unspecified atom stereocenters. The van der Waals surface area contributed by atoms with Crippen LogP contribution in [0.25, 0.3) is 0 Å². The number of aliphatic carboxylic acids is 5. The summed E-state index contributed by atoms with van der Waals surface area (Å²) in [5.74, 6) is -4.73. The van der Waals surface area contributed by atoms with Crippen molar-refractivity contribution in [2.45, 2.75) is 283 Å². The van der Waals surface area contributed by atoms with Gasteiger partial charge in [0.1, 0.15) is 35.7 Å². The number of amides is 4. The van der Waals surface area contributed by atoms with Crippen LogP contribution in [0.2, 0.25) is 0 Å². The first kappa shape index (κ1) is 117. The van der Waals surface area contributed by atoms with E-state index in [1.165, 1.54) is 83.5 Å². The topological polar surface area (TPSA) is 599 Å². The van der Waals surface area contributed by atoms with Crippen LogP contribution in [-0.4, -0.2) is 193 Å². The van der Waals surface area contributed by atoms with Gasteiger partial charge in [0, 0.05) is 26.2 Å². The van der Waals surface area contributed by atoms with Crippen LogP contribution >= 0.6 is 49.6 Å². The van der Waals surface area contributed by atoms with E-state index in [2.05, 4.69) is 63.3 Å². The number of carbonyl (C=O) groups excluding carboxylic acids is 3. The number of urea groups is 2. The van der Waals surface area contributed by atoms with E-state index < -0.39 is 77.7 Å². The summed E-state index contributed by atoms with van der Waals surface area (Å²) in [4.78, 5) is 86.2. The fourth-order valence-corrected chi connectivity index (χ4v) is 8.77. The standard InChI is InChI=1S/C14H30N4O2.C14H29N3O3.C13H28N2O2.C8H18N4O2.C8H17N3O3.C8H18N2O2.4ClH/c1-2-3-4-5-6-7-10-17-12(13(19)20)9-8-11-18-14(15)16;1-2-3-4-5-6-7-10-16-12(13(18)19)9-8-11-17-14(15)20;1-2-3-4-5-6-7-11-15-12(13(16)17)9-8-10-14;1-2-14-7(13)6(9)4-3-5-12-8(10)11;1-2-8(10,6(12)13)4-3-5-11-7(9)14;1-2-6-10-7(8(11)12)4-3-5-9;;;;/h12,17H,2-11H2,1H3,(H,19,20)(H4,15,16,18);12,16H,2-11H2,1H3,(H,18,19)(H3,15,17,20);12,15H,2-11,14H2,1H3,(H,16,17);6H,2-5,9H2,1H3,(H4,10,11,12);2-5,10H2,1H3,(H,12,13)(H3,9,11,14);7,10H,2-6,9H2,1H3,(H,11,12);4*1H. The Morgan fingerprint density at radius 1 is 0.386 bits per heavy atom. The van der Waals surface area contributed by atoms with Crippen molar-refractivity contribution >= 4 is 109 Å². The summed E-state index contributed by atoms with van der Waals surface area (Å²) >= 11 is 0. The van der Waals surface area contributed by atoms with E-state index >= 15 is 0 Å². The number of rotatable bonds is 57. The first-order chi connectivity index (χ1) is 46.1. The average Bonchev–Trinajstić information content (AvgIpc) is 0.891. The van der Waals surface area contributed by atoms with E-state index in [1.54, 1.807) is 13.8 Å². The quantitative estimate of drug-likeness (QED) is 0.0138. The first-order valence-corrected chi connectivity index (χ1v) is 35.5. The van der Waals surface area contributed by atoms with Gasteiger partial charge in [0.2, 0.25) is 0 Å². The summed E-state index contributed by atoms with van der Waals surface area (Å²) in [7, 11) is 0. The molecular formula is C65H144Cl4N18O14. The van der Waals surface area contributed by atoms with Gasteiger partial charge in [0.25, 0.3) is 0 Å². The second-order valence-corrected chi connectivity index (χ2v) is 23.5. The van der Waals surface area contributed by atoms with Crippen molar-refractivity contribution in [3.63, 3.8) is 0 Å². The van der Waals surface area contributed by atoms with Crippen molar-refractivity contribution in [1.82, 2.24) is 42.5 Å². The monoisotopic (exact) mass is 1540 g/mol. The molecule has 0 aliphatic heterocycles. The highest BCUT2D eigenvalue weighted by Crippen LogP contribution is 2.14. The Labute approximate surface area is 629 Å². The van der Waals surface area contributed by atoms with Crippen LogP contribution in [0.4, 0.5) is 9.59 Å². The summed E-state index contributed by atoms with van der Waals surface area (Å²) in [6.45, 7) is 18.4. The number of carboxylic acids is 5. The van der Waals surface area contributed by atoms with E-state index in [0.29, 0.717) is 117 Å². The van der Waals surface area contributed by atoms with Gasteiger partial charge in [-0.05, 0) is 155 Å². The molecule has 0 aliphatic rings. The van der Waals surface area contributed by atoms with Crippen LogP contribution in [-0.2, 0) is 33.5 Å². The van der Waals surface area contributed by atoms with Crippen molar-refractivity contribution in [3.05, 3.63) is 0 Å². The zero-order valence-electron chi connectivity index (χ0n) is 62.0. The van der Waals surface area contributed by atoms with Crippen LogP contribution < -0.4 is 88.4 Å². The molecule has 0 aromatic carbocycles. The van der Waals surface area contributed by atoms with Crippen LogP contribution in [0.15, 0.2) is 0 Å². The Morgan fingerprint density at radius 3 is 0.941 bits per heavy atom. The Kier molecular flexibility index (Phi) is 101. The molecule has 0 saturated carbocycles. The summed E-state index contributed by atoms with van der Waals surface area (Å²) in [5.41, 5.74) is 40.6. The Balaban J connectivity index is -0.000000123. The fraction of sp³-hybridized carbons (Fsp3) is 0.846. The van der Waals surface area contributed by atoms with Crippen LogP contribution in [0, 0.1) is 10.8 Å². The van der Waals surface area contributed by atoms with Gasteiger partial charge in [-0.15, -0.1) is 49.6 Å². The SMILES string of the molecule is CCC(N)(CCCNC(N)=O)C(=O)O.CCCCCCCCNC(CCCN)C(=O)O.CCCCCCCCNC(CCCNC(=N)N)C(=O)O.CCCCCCCCNC(CCCNC(N)=O)C(=O)O.CCCNC(CCCN)C(=O)O.CCOC(=O)C(N)CCCNC(=N)N.Cl.Cl.Cl.Cl. The second kappa shape index (κ2) is 87.1. The van der Waals surface area contributed by atoms with Gasteiger partial charge < -0.3 is 119 Å². The van der Waals surface area contributed by atoms with Crippen molar-refractivity contribution in [3.8, 4) is 0 Å². The third-order valence-corrected chi connectivity index (χ3v) is 14.7. The van der Waals surface area contributed by atoms with Gasteiger partial charge in [-0.2, -0.15) is 0 Å². The lowest BCUT2D eigenvalue weighted by Crippen LogP contribution is -2.47. The number of hydrogen-bond donors (Lipinski definition) is 23. The summed E-state index contributed by atoms with van der Waals surface area (Å²) < 4.78 is 4.73. The number of primary amides is 2. The third-order valence-electron chi connectivity index (χ3n) is 14.7. The predicted molar refractivity (Wildman–Crippen MR) is 415 cm³/mol. The lowest BCUT2D eigenvalue weighted by Gasteiger charge is -2.22.